The SMILES string of the molecule is CC(CC(=O)[O-])c1c[nH]c2ccccc12. The molecule has 3 heteroatoms. The third-order valence-corrected chi connectivity index (χ3v) is 2.63. The molecule has 0 saturated heterocycles. The van der Waals surface area contributed by atoms with Crippen LogP contribution in [-0.2, 0) is 4.79 Å². The Kier molecular flexibility index (Phi) is 2.46. The fraction of sp³-hybridized carbons (Fsp3) is 0.250. The monoisotopic (exact) mass is 202 g/mol. The van der Waals surface area contributed by atoms with E-state index in [0.717, 1.165) is 16.5 Å². The van der Waals surface area contributed by atoms with Crippen molar-refractivity contribution in [1.82, 2.24) is 4.98 Å². The molecule has 1 aromatic carbocycles. The minimum atomic E-state index is -1.01. The molecule has 1 unspecified atom stereocenters. The highest BCUT2D eigenvalue weighted by Crippen LogP contribution is 2.26. The predicted molar refractivity (Wildman–Crippen MR) is 56.3 cm³/mol. The van der Waals surface area contributed by atoms with E-state index in [-0.39, 0.29) is 12.3 Å². The van der Waals surface area contributed by atoms with Gasteiger partial charge in [0.1, 0.15) is 0 Å². The molecule has 0 amide bonds. The maximum absolute atomic E-state index is 10.5. The zero-order valence-corrected chi connectivity index (χ0v) is 8.49. The maximum Gasteiger partial charge on any atom is 0.0456 e. The number of carboxylic acid groups (broad SMARTS) is 1. The van der Waals surface area contributed by atoms with Crippen LogP contribution in [0.5, 0.6) is 0 Å². The minimum absolute atomic E-state index is 0.0221. The summed E-state index contributed by atoms with van der Waals surface area (Å²) in [5.41, 5.74) is 2.08. The molecule has 2 aromatic rings. The maximum atomic E-state index is 10.5. The summed E-state index contributed by atoms with van der Waals surface area (Å²) in [6.45, 7) is 1.89. The number of hydrogen-bond acceptors (Lipinski definition) is 2. The molecule has 1 aromatic heterocycles. The molecular formula is C12H12NO2-. The van der Waals surface area contributed by atoms with Crippen LogP contribution < -0.4 is 5.11 Å². The number of carboxylic acids is 1. The van der Waals surface area contributed by atoms with Crippen LogP contribution in [0.4, 0.5) is 0 Å². The number of H-pyrrole nitrogens is 1. The molecule has 15 heavy (non-hydrogen) atoms. The van der Waals surface area contributed by atoms with Gasteiger partial charge in [-0.15, -0.1) is 0 Å². The second-order valence-electron chi connectivity index (χ2n) is 3.77. The topological polar surface area (TPSA) is 55.9 Å². The molecule has 0 aliphatic heterocycles. The first kappa shape index (κ1) is 9.77. The first-order valence-corrected chi connectivity index (χ1v) is 4.94. The van der Waals surface area contributed by atoms with Gasteiger partial charge in [0.2, 0.25) is 0 Å². The fourth-order valence-electron chi connectivity index (χ4n) is 1.86. The third kappa shape index (κ3) is 1.86. The molecule has 0 aliphatic carbocycles. The summed E-state index contributed by atoms with van der Waals surface area (Å²) in [5.74, 6) is -1.03. The number of carbonyl (C=O) groups excluding carboxylic acids is 1. The van der Waals surface area contributed by atoms with Crippen LogP contribution in [0, 0.1) is 0 Å². The highest BCUT2D eigenvalue weighted by atomic mass is 16.4. The number of fused-ring (bicyclic) bond motifs is 1. The average Bonchev–Trinajstić information content (AvgIpc) is 2.59. The van der Waals surface area contributed by atoms with Crippen LogP contribution >= 0.6 is 0 Å². The largest absolute Gasteiger partial charge is 0.550 e. The Hall–Kier alpha value is -1.77. The Morgan fingerprint density at radius 3 is 2.93 bits per heavy atom. The van der Waals surface area contributed by atoms with E-state index >= 15 is 0 Å². The summed E-state index contributed by atoms with van der Waals surface area (Å²) in [4.78, 5) is 13.6. The van der Waals surface area contributed by atoms with Gasteiger partial charge in [-0.25, -0.2) is 0 Å². The summed E-state index contributed by atoms with van der Waals surface area (Å²) >= 11 is 0. The first-order chi connectivity index (χ1) is 7.18. The zero-order valence-electron chi connectivity index (χ0n) is 8.49. The Labute approximate surface area is 87.7 Å². The molecule has 3 nitrogen and oxygen atoms in total. The van der Waals surface area contributed by atoms with Gasteiger partial charge >= 0.3 is 0 Å². The van der Waals surface area contributed by atoms with Crippen LogP contribution in [0.2, 0.25) is 0 Å². The van der Waals surface area contributed by atoms with E-state index in [1.807, 2.05) is 37.4 Å². The van der Waals surface area contributed by atoms with Crippen molar-refractivity contribution in [3.8, 4) is 0 Å². The average molecular weight is 202 g/mol. The lowest BCUT2D eigenvalue weighted by molar-refractivity contribution is -0.306. The van der Waals surface area contributed by atoms with E-state index in [2.05, 4.69) is 4.98 Å². The lowest BCUT2D eigenvalue weighted by atomic mass is 9.97. The van der Waals surface area contributed by atoms with Crippen LogP contribution in [0.25, 0.3) is 10.9 Å². The summed E-state index contributed by atoms with van der Waals surface area (Å²) in [7, 11) is 0. The summed E-state index contributed by atoms with van der Waals surface area (Å²) in [6.07, 6.45) is 1.93. The van der Waals surface area contributed by atoms with Crippen molar-refractivity contribution in [1.29, 1.82) is 0 Å². The smallest absolute Gasteiger partial charge is 0.0456 e. The fourth-order valence-corrected chi connectivity index (χ4v) is 1.86. The van der Waals surface area contributed by atoms with Gasteiger partial charge in [0, 0.05) is 23.1 Å². The van der Waals surface area contributed by atoms with Crippen molar-refractivity contribution in [3.05, 3.63) is 36.0 Å². The lowest BCUT2D eigenvalue weighted by Gasteiger charge is -2.10. The van der Waals surface area contributed by atoms with Gasteiger partial charge in [-0.1, -0.05) is 25.1 Å². The molecular weight excluding hydrogens is 190 g/mol. The number of hydrogen-bond donors (Lipinski definition) is 1. The summed E-state index contributed by atoms with van der Waals surface area (Å²) in [5, 5.41) is 11.6. The van der Waals surface area contributed by atoms with E-state index in [9.17, 15) is 9.90 Å². The molecule has 1 heterocycles. The van der Waals surface area contributed by atoms with E-state index < -0.39 is 5.97 Å². The van der Waals surface area contributed by atoms with Gasteiger partial charge in [-0.3, -0.25) is 0 Å². The number of rotatable bonds is 3. The van der Waals surface area contributed by atoms with Gasteiger partial charge in [-0.2, -0.15) is 0 Å². The number of carbonyl (C=O) groups is 1. The minimum Gasteiger partial charge on any atom is -0.550 e. The van der Waals surface area contributed by atoms with Gasteiger partial charge in [-0.05, 0) is 24.0 Å². The Morgan fingerprint density at radius 2 is 2.20 bits per heavy atom. The second-order valence-corrected chi connectivity index (χ2v) is 3.77. The highest BCUT2D eigenvalue weighted by Gasteiger charge is 2.10. The number of aliphatic carboxylic acids is 1. The normalized spacial score (nSPS) is 12.9. The second kappa shape index (κ2) is 3.77. The Morgan fingerprint density at radius 1 is 1.47 bits per heavy atom. The molecule has 2 rings (SSSR count). The van der Waals surface area contributed by atoms with Crippen LogP contribution in [0.3, 0.4) is 0 Å². The Balaban J connectivity index is 2.39. The summed E-state index contributed by atoms with van der Waals surface area (Å²) in [6, 6.07) is 7.87. The number of aromatic amines is 1. The van der Waals surface area contributed by atoms with Crippen LogP contribution in [0.15, 0.2) is 30.5 Å². The van der Waals surface area contributed by atoms with Gasteiger partial charge in [0.25, 0.3) is 0 Å². The molecule has 0 spiro atoms. The number of para-hydroxylation sites is 1. The standard InChI is InChI=1S/C12H13NO2/c1-8(6-12(14)15)10-7-13-11-5-3-2-4-9(10)11/h2-5,7-8,13H,6H2,1H3,(H,14,15)/p-1. The quantitative estimate of drug-likeness (QED) is 0.818. The molecule has 1 N–H and O–H groups in total. The molecule has 0 bridgehead atoms. The first-order valence-electron chi connectivity index (χ1n) is 4.94. The lowest BCUT2D eigenvalue weighted by Crippen LogP contribution is -2.23. The van der Waals surface area contributed by atoms with E-state index in [0.29, 0.717) is 0 Å². The van der Waals surface area contributed by atoms with Gasteiger partial charge in [0.15, 0.2) is 0 Å². The van der Waals surface area contributed by atoms with E-state index in [1.165, 1.54) is 0 Å². The van der Waals surface area contributed by atoms with Crippen molar-refractivity contribution in [2.24, 2.45) is 0 Å². The number of aromatic nitrogens is 1. The van der Waals surface area contributed by atoms with Crippen molar-refractivity contribution in [2.75, 3.05) is 0 Å². The summed E-state index contributed by atoms with van der Waals surface area (Å²) < 4.78 is 0. The van der Waals surface area contributed by atoms with Crippen LogP contribution in [-0.4, -0.2) is 11.0 Å². The Bertz CT molecular complexity index is 487. The molecule has 0 fully saturated rings. The van der Waals surface area contributed by atoms with E-state index in [4.69, 9.17) is 0 Å². The molecule has 78 valence electrons. The third-order valence-electron chi connectivity index (χ3n) is 2.63. The van der Waals surface area contributed by atoms with E-state index in [1.54, 1.807) is 0 Å². The van der Waals surface area contributed by atoms with Crippen molar-refractivity contribution in [3.63, 3.8) is 0 Å². The van der Waals surface area contributed by atoms with Crippen LogP contribution in [0.1, 0.15) is 24.8 Å². The van der Waals surface area contributed by atoms with Crippen molar-refractivity contribution in [2.45, 2.75) is 19.3 Å². The number of nitrogens with one attached hydrogen (secondary N) is 1. The molecule has 0 saturated carbocycles. The van der Waals surface area contributed by atoms with Gasteiger partial charge in [0.05, 0.1) is 0 Å². The van der Waals surface area contributed by atoms with Gasteiger partial charge < -0.3 is 14.9 Å². The predicted octanol–water partition coefficient (Wildman–Crippen LogP) is 1.41. The highest BCUT2D eigenvalue weighted by molar-refractivity contribution is 5.84. The molecule has 0 radical (unpaired) electrons. The van der Waals surface area contributed by atoms with Crippen molar-refractivity contribution >= 4 is 16.9 Å². The van der Waals surface area contributed by atoms with Crippen molar-refractivity contribution < 1.29 is 9.90 Å². The molecule has 0 aliphatic rings. The molecule has 1 atom stereocenters. The number of benzene rings is 1. The zero-order chi connectivity index (χ0) is 10.8.